The summed E-state index contributed by atoms with van der Waals surface area (Å²) in [6, 6.07) is 5.08. The zero-order valence-electron chi connectivity index (χ0n) is 12.4. The fourth-order valence-electron chi connectivity index (χ4n) is 2.31. The van der Waals surface area contributed by atoms with Gasteiger partial charge in [-0.1, -0.05) is 6.07 Å². The normalized spacial score (nSPS) is 10.9. The highest BCUT2D eigenvalue weighted by Gasteiger charge is 2.22. The number of hydrogen-bond acceptors (Lipinski definition) is 7. The Morgan fingerprint density at radius 2 is 2.00 bits per heavy atom. The van der Waals surface area contributed by atoms with Crippen molar-refractivity contribution in [1.29, 1.82) is 0 Å². The third-order valence-electron chi connectivity index (χ3n) is 3.27. The molecule has 0 spiro atoms. The van der Waals surface area contributed by atoms with Crippen LogP contribution in [0.2, 0.25) is 0 Å². The molecule has 0 bridgehead atoms. The standard InChI is InChI=1S/C16H12O6S/c1-3-20-14(17)12-8(2)21-15(18)13-9(12)7-10(22-16(13)19)11-5-4-6-23-11/h4-7H,3H2,1-2H3. The summed E-state index contributed by atoms with van der Waals surface area (Å²) in [5.41, 5.74) is -1.62. The molecule has 3 rings (SSSR count). The summed E-state index contributed by atoms with van der Waals surface area (Å²) in [4.78, 5) is 37.1. The van der Waals surface area contributed by atoms with Crippen LogP contribution >= 0.6 is 11.3 Å². The number of thiophene rings is 1. The number of carbonyl (C=O) groups excluding carboxylic acids is 1. The number of carbonyl (C=O) groups is 1. The van der Waals surface area contributed by atoms with Crippen LogP contribution in [-0.2, 0) is 4.74 Å². The topological polar surface area (TPSA) is 86.7 Å². The zero-order chi connectivity index (χ0) is 16.6. The Morgan fingerprint density at radius 1 is 1.26 bits per heavy atom. The third-order valence-corrected chi connectivity index (χ3v) is 4.15. The second kappa shape index (κ2) is 5.85. The molecule has 118 valence electrons. The summed E-state index contributed by atoms with van der Waals surface area (Å²) in [6.45, 7) is 3.31. The van der Waals surface area contributed by atoms with E-state index in [0.29, 0.717) is 4.88 Å². The first-order chi connectivity index (χ1) is 11.0. The highest BCUT2D eigenvalue weighted by molar-refractivity contribution is 7.13. The smallest absolute Gasteiger partial charge is 0.351 e. The highest BCUT2D eigenvalue weighted by atomic mass is 32.1. The van der Waals surface area contributed by atoms with Gasteiger partial charge < -0.3 is 13.6 Å². The van der Waals surface area contributed by atoms with Gasteiger partial charge in [0.1, 0.15) is 17.1 Å². The first-order valence-electron chi connectivity index (χ1n) is 6.85. The van der Waals surface area contributed by atoms with E-state index in [1.165, 1.54) is 24.3 Å². The largest absolute Gasteiger partial charge is 0.462 e. The summed E-state index contributed by atoms with van der Waals surface area (Å²) in [5, 5.41) is 1.71. The minimum Gasteiger partial charge on any atom is -0.462 e. The summed E-state index contributed by atoms with van der Waals surface area (Å²) in [5.74, 6) is -0.266. The van der Waals surface area contributed by atoms with Crippen LogP contribution < -0.4 is 11.3 Å². The first-order valence-corrected chi connectivity index (χ1v) is 7.73. The van der Waals surface area contributed by atoms with E-state index in [9.17, 15) is 14.4 Å². The molecule has 0 saturated carbocycles. The van der Waals surface area contributed by atoms with Gasteiger partial charge in [0.15, 0.2) is 5.39 Å². The predicted octanol–water partition coefficient (Wildman–Crippen LogP) is 2.96. The van der Waals surface area contributed by atoms with E-state index >= 15 is 0 Å². The van der Waals surface area contributed by atoms with E-state index in [1.807, 2.05) is 5.38 Å². The van der Waals surface area contributed by atoms with Gasteiger partial charge in [0, 0.05) is 5.39 Å². The monoisotopic (exact) mass is 332 g/mol. The average Bonchev–Trinajstić information content (AvgIpc) is 3.00. The molecule has 3 aromatic rings. The summed E-state index contributed by atoms with van der Waals surface area (Å²) >= 11 is 1.38. The fraction of sp³-hybridized carbons (Fsp3) is 0.188. The Bertz CT molecular complexity index is 994. The lowest BCUT2D eigenvalue weighted by Crippen LogP contribution is -2.17. The number of aryl methyl sites for hydroxylation is 1. The van der Waals surface area contributed by atoms with Crippen LogP contribution in [0.25, 0.3) is 21.4 Å². The van der Waals surface area contributed by atoms with Gasteiger partial charge in [-0.25, -0.2) is 14.4 Å². The molecule has 0 unspecified atom stereocenters. The molecule has 23 heavy (non-hydrogen) atoms. The molecule has 0 aliphatic carbocycles. The van der Waals surface area contributed by atoms with E-state index in [-0.39, 0.29) is 34.5 Å². The van der Waals surface area contributed by atoms with E-state index < -0.39 is 17.2 Å². The maximum atomic E-state index is 12.2. The molecule has 0 radical (unpaired) electrons. The van der Waals surface area contributed by atoms with Crippen molar-refractivity contribution in [3.8, 4) is 10.6 Å². The molecule has 0 atom stereocenters. The molecule has 7 heteroatoms. The van der Waals surface area contributed by atoms with Crippen LogP contribution in [0.5, 0.6) is 0 Å². The van der Waals surface area contributed by atoms with Gasteiger partial charge in [0.05, 0.1) is 11.5 Å². The Morgan fingerprint density at radius 3 is 2.65 bits per heavy atom. The molecule has 0 aliphatic rings. The lowest BCUT2D eigenvalue weighted by Gasteiger charge is -2.08. The van der Waals surface area contributed by atoms with E-state index in [0.717, 1.165) is 0 Å². The maximum absolute atomic E-state index is 12.2. The predicted molar refractivity (Wildman–Crippen MR) is 85.0 cm³/mol. The van der Waals surface area contributed by atoms with Crippen molar-refractivity contribution in [2.24, 2.45) is 0 Å². The van der Waals surface area contributed by atoms with Crippen LogP contribution in [0.4, 0.5) is 0 Å². The van der Waals surface area contributed by atoms with Crippen LogP contribution in [0.3, 0.4) is 0 Å². The molecular weight excluding hydrogens is 320 g/mol. The molecule has 0 amide bonds. The number of hydrogen-bond donors (Lipinski definition) is 0. The van der Waals surface area contributed by atoms with Gasteiger partial charge in [0.2, 0.25) is 0 Å². The molecule has 0 N–H and O–H groups in total. The SMILES string of the molecule is CCOC(=O)c1c(C)oc(=O)c2c(=O)oc(-c3cccs3)cc12. The van der Waals surface area contributed by atoms with Gasteiger partial charge in [-0.3, -0.25) is 0 Å². The summed E-state index contributed by atoms with van der Waals surface area (Å²) in [6.07, 6.45) is 0. The van der Waals surface area contributed by atoms with Gasteiger partial charge >= 0.3 is 17.2 Å². The van der Waals surface area contributed by atoms with Crippen molar-refractivity contribution in [2.75, 3.05) is 6.61 Å². The van der Waals surface area contributed by atoms with Crippen LogP contribution in [0.1, 0.15) is 23.0 Å². The fourth-order valence-corrected chi connectivity index (χ4v) is 2.99. The average molecular weight is 332 g/mol. The Kier molecular flexibility index (Phi) is 3.87. The van der Waals surface area contributed by atoms with Crippen molar-refractivity contribution in [1.82, 2.24) is 0 Å². The lowest BCUT2D eigenvalue weighted by molar-refractivity contribution is 0.0524. The number of fused-ring (bicyclic) bond motifs is 1. The number of esters is 1. The summed E-state index contributed by atoms with van der Waals surface area (Å²) in [7, 11) is 0. The molecule has 3 aromatic heterocycles. The van der Waals surface area contributed by atoms with Crippen LogP contribution in [-0.4, -0.2) is 12.6 Å². The molecule has 6 nitrogen and oxygen atoms in total. The van der Waals surface area contributed by atoms with Gasteiger partial charge in [-0.2, -0.15) is 0 Å². The zero-order valence-corrected chi connectivity index (χ0v) is 13.2. The lowest BCUT2D eigenvalue weighted by atomic mass is 10.1. The maximum Gasteiger partial charge on any atom is 0.351 e. The van der Waals surface area contributed by atoms with Crippen LogP contribution in [0.15, 0.2) is 42.0 Å². The molecular formula is C16H12O6S. The molecule has 0 saturated heterocycles. The van der Waals surface area contributed by atoms with Crippen molar-refractivity contribution >= 4 is 28.1 Å². The minimum atomic E-state index is -0.842. The van der Waals surface area contributed by atoms with Crippen molar-refractivity contribution < 1.29 is 18.4 Å². The molecule has 0 fully saturated rings. The van der Waals surface area contributed by atoms with Crippen molar-refractivity contribution in [3.63, 3.8) is 0 Å². The molecule has 0 aliphatic heterocycles. The van der Waals surface area contributed by atoms with E-state index in [4.69, 9.17) is 13.6 Å². The molecule has 0 aromatic carbocycles. The Balaban J connectivity index is 2.41. The van der Waals surface area contributed by atoms with Crippen molar-refractivity contribution in [3.05, 3.63) is 55.7 Å². The first kappa shape index (κ1) is 15.2. The van der Waals surface area contributed by atoms with E-state index in [2.05, 4.69) is 0 Å². The molecule has 3 heterocycles. The van der Waals surface area contributed by atoms with E-state index in [1.54, 1.807) is 19.1 Å². The van der Waals surface area contributed by atoms with Crippen molar-refractivity contribution in [2.45, 2.75) is 13.8 Å². The quantitative estimate of drug-likeness (QED) is 0.685. The van der Waals surface area contributed by atoms with Gasteiger partial charge in [-0.15, -0.1) is 11.3 Å². The number of rotatable bonds is 3. The number of ether oxygens (including phenoxy) is 1. The second-order valence-electron chi connectivity index (χ2n) is 4.71. The summed E-state index contributed by atoms with van der Waals surface area (Å²) < 4.78 is 15.2. The van der Waals surface area contributed by atoms with Crippen LogP contribution in [0, 0.1) is 6.92 Å². The Labute approximate surface area is 133 Å². The highest BCUT2D eigenvalue weighted by Crippen LogP contribution is 2.28. The second-order valence-corrected chi connectivity index (χ2v) is 5.65. The Hall–Kier alpha value is -2.67. The van der Waals surface area contributed by atoms with Gasteiger partial charge in [0.25, 0.3) is 0 Å². The van der Waals surface area contributed by atoms with Gasteiger partial charge in [-0.05, 0) is 31.4 Å². The third kappa shape index (κ3) is 2.59. The minimum absolute atomic E-state index is 0.0622.